The predicted molar refractivity (Wildman–Crippen MR) is 135 cm³/mol. The molecule has 1 saturated heterocycles. The maximum atomic E-state index is 12.8. The van der Waals surface area contributed by atoms with Gasteiger partial charge >= 0.3 is 11.9 Å². The molecule has 1 aliphatic heterocycles. The van der Waals surface area contributed by atoms with E-state index in [0.717, 1.165) is 30.0 Å². The molecule has 4 rings (SSSR count). The van der Waals surface area contributed by atoms with Gasteiger partial charge in [-0.1, -0.05) is 0 Å². The van der Waals surface area contributed by atoms with Crippen LogP contribution in [0, 0.1) is 10.1 Å². The van der Waals surface area contributed by atoms with Crippen LogP contribution < -0.4 is 15.0 Å². The number of nitro groups is 1. The molecule has 9 nitrogen and oxygen atoms in total. The van der Waals surface area contributed by atoms with Crippen LogP contribution in [0.5, 0.6) is 5.75 Å². The molecule has 0 saturated carbocycles. The highest BCUT2D eigenvalue weighted by atomic mass is 19.4. The molecule has 1 N–H and O–H groups in total. The number of allylic oxidation sites excluding steroid dienone is 1. The number of benzene rings is 2. The Kier molecular flexibility index (Phi) is 8.28. The van der Waals surface area contributed by atoms with Gasteiger partial charge in [0.2, 0.25) is 0 Å². The molecule has 0 radical (unpaired) electrons. The highest BCUT2D eigenvalue weighted by Crippen LogP contribution is 2.32. The molecule has 1 fully saturated rings. The van der Waals surface area contributed by atoms with Crippen molar-refractivity contribution in [3.05, 3.63) is 70.0 Å². The third-order valence-corrected chi connectivity index (χ3v) is 6.69. The smallest absolute Gasteiger partial charge is 0.416 e. The minimum absolute atomic E-state index is 0.0657. The maximum Gasteiger partial charge on any atom is 0.416 e. The minimum atomic E-state index is -4.36. The number of rotatable bonds is 8. The van der Waals surface area contributed by atoms with Crippen molar-refractivity contribution in [2.45, 2.75) is 31.5 Å². The van der Waals surface area contributed by atoms with E-state index in [1.54, 1.807) is 17.0 Å². The van der Waals surface area contributed by atoms with Crippen molar-refractivity contribution in [3.63, 3.8) is 0 Å². The molecular formula is C26H29F3N4O5. The zero-order chi connectivity index (χ0) is 27.3. The summed E-state index contributed by atoms with van der Waals surface area (Å²) in [7, 11) is 1.39. The predicted octanol–water partition coefficient (Wildman–Crippen LogP) is 4.84. The lowest BCUT2D eigenvalue weighted by atomic mass is 10.00. The number of carbonyl (C=O) groups excluding carboxylic acids is 1. The van der Waals surface area contributed by atoms with Crippen LogP contribution in [-0.2, 0) is 15.7 Å². The molecule has 1 amide bonds. The first-order chi connectivity index (χ1) is 18.1. The minimum Gasteiger partial charge on any atom is -0.490 e. The Bertz CT molecular complexity index is 1180. The summed E-state index contributed by atoms with van der Waals surface area (Å²) in [5.41, 5.74) is 0.644. The molecule has 0 bridgehead atoms. The first-order valence-electron chi connectivity index (χ1n) is 12.2. The molecule has 0 aromatic heterocycles. The fourth-order valence-corrected chi connectivity index (χ4v) is 4.55. The SMILES string of the molecule is COc1cc(N[C@H]2CC=C(OCC(=O)N3CCN(c4ccc(C(F)(F)F)cc4)CC3)CC2)ccc1[N+](=O)[O-]. The second-order valence-corrected chi connectivity index (χ2v) is 9.13. The molecule has 204 valence electrons. The Balaban J connectivity index is 1.20. The van der Waals surface area contributed by atoms with Crippen LogP contribution in [0.2, 0.25) is 0 Å². The molecule has 0 spiro atoms. The van der Waals surface area contributed by atoms with Crippen molar-refractivity contribution < 1.29 is 32.4 Å². The van der Waals surface area contributed by atoms with Gasteiger partial charge in [0.15, 0.2) is 12.4 Å². The molecule has 0 unspecified atom stereocenters. The Morgan fingerprint density at radius 3 is 2.42 bits per heavy atom. The van der Waals surface area contributed by atoms with Crippen LogP contribution >= 0.6 is 0 Å². The van der Waals surface area contributed by atoms with Gasteiger partial charge in [-0.3, -0.25) is 14.9 Å². The average Bonchev–Trinajstić information content (AvgIpc) is 2.92. The van der Waals surface area contributed by atoms with E-state index in [1.165, 1.54) is 25.3 Å². The number of hydrogen-bond donors (Lipinski definition) is 1. The fourth-order valence-electron chi connectivity index (χ4n) is 4.55. The molecule has 38 heavy (non-hydrogen) atoms. The largest absolute Gasteiger partial charge is 0.490 e. The van der Waals surface area contributed by atoms with Gasteiger partial charge in [0, 0.05) is 62.1 Å². The number of nitrogens with one attached hydrogen (secondary N) is 1. The number of ether oxygens (including phenoxy) is 2. The van der Waals surface area contributed by atoms with E-state index < -0.39 is 16.7 Å². The normalized spacial score (nSPS) is 18.0. The van der Waals surface area contributed by atoms with Crippen molar-refractivity contribution in [2.75, 3.05) is 50.1 Å². The van der Waals surface area contributed by atoms with E-state index in [4.69, 9.17) is 9.47 Å². The van der Waals surface area contributed by atoms with Gasteiger partial charge in [0.1, 0.15) is 0 Å². The lowest BCUT2D eigenvalue weighted by molar-refractivity contribution is -0.385. The third-order valence-electron chi connectivity index (χ3n) is 6.69. The summed E-state index contributed by atoms with van der Waals surface area (Å²) in [5, 5.41) is 14.4. The number of anilines is 2. The van der Waals surface area contributed by atoms with E-state index in [9.17, 15) is 28.1 Å². The molecule has 2 aliphatic rings. The van der Waals surface area contributed by atoms with Gasteiger partial charge in [0.25, 0.3) is 5.91 Å². The summed E-state index contributed by atoms with van der Waals surface area (Å²) < 4.78 is 49.2. The highest BCUT2D eigenvalue weighted by molar-refractivity contribution is 5.78. The van der Waals surface area contributed by atoms with Gasteiger partial charge < -0.3 is 24.6 Å². The zero-order valence-corrected chi connectivity index (χ0v) is 20.9. The standard InChI is InChI=1S/C26H29F3N4O5/c1-37-24-16-20(6-11-23(24)33(35)36)30-19-4-9-22(10-5-19)38-17-25(34)32-14-12-31(13-15-32)21-7-2-18(3-8-21)26(27,28)29/h2-3,6-9,11,16,19,30H,4-5,10,12-15,17H2,1H3/t19-/m0/s1. The van der Waals surface area contributed by atoms with Crippen LogP contribution in [0.15, 0.2) is 54.3 Å². The van der Waals surface area contributed by atoms with Gasteiger partial charge in [0.05, 0.1) is 23.4 Å². The van der Waals surface area contributed by atoms with Gasteiger partial charge in [-0.2, -0.15) is 13.2 Å². The number of halogens is 3. The van der Waals surface area contributed by atoms with Gasteiger partial charge in [-0.25, -0.2) is 0 Å². The van der Waals surface area contributed by atoms with E-state index in [1.807, 2.05) is 11.0 Å². The first-order valence-corrected chi connectivity index (χ1v) is 12.2. The molecule has 1 heterocycles. The number of hydrogen-bond acceptors (Lipinski definition) is 7. The highest BCUT2D eigenvalue weighted by Gasteiger charge is 2.30. The number of methoxy groups -OCH3 is 1. The summed E-state index contributed by atoms with van der Waals surface area (Å²) in [6, 6.07) is 9.82. The molecule has 12 heteroatoms. The number of nitro benzene ring substituents is 1. The van der Waals surface area contributed by atoms with Crippen molar-refractivity contribution in [1.82, 2.24) is 4.90 Å². The van der Waals surface area contributed by atoms with Crippen molar-refractivity contribution in [3.8, 4) is 5.75 Å². The summed E-state index contributed by atoms with van der Waals surface area (Å²) in [6.07, 6.45) is -0.327. The quantitative estimate of drug-likeness (QED) is 0.383. The third kappa shape index (κ3) is 6.67. The molecule has 2 aromatic rings. The van der Waals surface area contributed by atoms with Crippen LogP contribution in [0.4, 0.5) is 30.2 Å². The van der Waals surface area contributed by atoms with Crippen LogP contribution in [-0.4, -0.2) is 61.7 Å². The van der Waals surface area contributed by atoms with E-state index >= 15 is 0 Å². The van der Waals surface area contributed by atoms with Crippen LogP contribution in [0.25, 0.3) is 0 Å². The van der Waals surface area contributed by atoms with E-state index in [-0.39, 0.29) is 30.0 Å². The van der Waals surface area contributed by atoms with Gasteiger partial charge in [-0.05, 0) is 49.2 Å². The summed E-state index contributed by atoms with van der Waals surface area (Å²) in [4.78, 5) is 26.9. The number of nitrogens with zero attached hydrogens (tertiary/aromatic N) is 3. The van der Waals surface area contributed by atoms with E-state index in [0.29, 0.717) is 44.7 Å². The molecular weight excluding hydrogens is 505 g/mol. The second-order valence-electron chi connectivity index (χ2n) is 9.13. The topological polar surface area (TPSA) is 97.2 Å². The van der Waals surface area contributed by atoms with Crippen molar-refractivity contribution >= 4 is 23.0 Å². The number of amides is 1. The lowest BCUT2D eigenvalue weighted by Gasteiger charge is -2.36. The molecule has 1 aliphatic carbocycles. The van der Waals surface area contributed by atoms with Crippen LogP contribution in [0.1, 0.15) is 24.8 Å². The molecule has 2 aromatic carbocycles. The van der Waals surface area contributed by atoms with E-state index in [2.05, 4.69) is 5.32 Å². The second kappa shape index (κ2) is 11.6. The first kappa shape index (κ1) is 27.1. The number of piperazine rings is 1. The molecule has 1 atom stereocenters. The van der Waals surface area contributed by atoms with Crippen molar-refractivity contribution in [2.24, 2.45) is 0 Å². The average molecular weight is 535 g/mol. The zero-order valence-electron chi connectivity index (χ0n) is 20.9. The van der Waals surface area contributed by atoms with Gasteiger partial charge in [-0.15, -0.1) is 0 Å². The summed E-state index contributed by atoms with van der Waals surface area (Å²) >= 11 is 0. The summed E-state index contributed by atoms with van der Waals surface area (Å²) in [5.74, 6) is 0.811. The number of alkyl halides is 3. The Labute approximate surface area is 218 Å². The maximum absolute atomic E-state index is 12.8. The Morgan fingerprint density at radius 1 is 1.13 bits per heavy atom. The summed E-state index contributed by atoms with van der Waals surface area (Å²) in [6.45, 7) is 1.92. The lowest BCUT2D eigenvalue weighted by Crippen LogP contribution is -2.49. The van der Waals surface area contributed by atoms with Crippen LogP contribution in [0.3, 0.4) is 0 Å². The monoisotopic (exact) mass is 534 g/mol. The fraction of sp³-hybridized carbons (Fsp3) is 0.423. The Morgan fingerprint density at radius 2 is 1.84 bits per heavy atom. The number of carbonyl (C=O) groups is 1. The van der Waals surface area contributed by atoms with Crippen molar-refractivity contribution in [1.29, 1.82) is 0 Å². The Hall–Kier alpha value is -3.96.